The molecule has 1 heterocycles. The van der Waals surface area contributed by atoms with E-state index in [-0.39, 0.29) is 29.2 Å². The number of alkyl halides is 2. The van der Waals surface area contributed by atoms with E-state index >= 15 is 0 Å². The number of carbonyl (C=O) groups is 1. The van der Waals surface area contributed by atoms with Gasteiger partial charge in [-0.05, 0) is 30.3 Å². The molecule has 0 radical (unpaired) electrons. The molecule has 0 unspecified atom stereocenters. The van der Waals surface area contributed by atoms with Gasteiger partial charge in [-0.3, -0.25) is 4.79 Å². The molecule has 9 heteroatoms. The van der Waals surface area contributed by atoms with Crippen molar-refractivity contribution in [1.29, 1.82) is 0 Å². The Kier molecular flexibility index (Phi) is 5.17. The van der Waals surface area contributed by atoms with Crippen molar-refractivity contribution >= 4 is 22.8 Å². The minimum atomic E-state index is -3.00. The van der Waals surface area contributed by atoms with Crippen molar-refractivity contribution in [3.8, 4) is 16.3 Å². The van der Waals surface area contributed by atoms with Gasteiger partial charge in [-0.1, -0.05) is 23.5 Å². The lowest BCUT2D eigenvalue weighted by Crippen LogP contribution is -2.07. The molecule has 3 rings (SSSR count). The number of carbonyl (C=O) groups excluding carboxylic acids is 1. The molecule has 0 aliphatic heterocycles. The largest absolute Gasteiger partial charge is 0.433 e. The van der Waals surface area contributed by atoms with E-state index in [0.29, 0.717) is 15.6 Å². The smallest absolute Gasteiger partial charge is 0.387 e. The second-order valence-corrected chi connectivity index (χ2v) is 6.27. The van der Waals surface area contributed by atoms with Gasteiger partial charge in [0.05, 0.1) is 12.1 Å². The standard InChI is InChI=1S/C17H12F3N3O2S/c18-11-4-2-1-3-10(11)16-23-22-15(26-16)8-13(24)9-5-6-14(12(21)7-9)25-17(19)20/h1-7,17H,8,21H2. The van der Waals surface area contributed by atoms with Crippen molar-refractivity contribution in [2.24, 2.45) is 0 Å². The predicted octanol–water partition coefficient (Wildman–Crippen LogP) is 3.95. The lowest BCUT2D eigenvalue weighted by molar-refractivity contribution is -0.0493. The highest BCUT2D eigenvalue weighted by Gasteiger charge is 2.16. The van der Waals surface area contributed by atoms with Gasteiger partial charge in [0.25, 0.3) is 0 Å². The van der Waals surface area contributed by atoms with Gasteiger partial charge >= 0.3 is 6.61 Å². The van der Waals surface area contributed by atoms with E-state index < -0.39 is 12.4 Å². The van der Waals surface area contributed by atoms with Crippen molar-refractivity contribution in [3.05, 3.63) is 58.9 Å². The van der Waals surface area contributed by atoms with E-state index in [2.05, 4.69) is 14.9 Å². The summed E-state index contributed by atoms with van der Waals surface area (Å²) in [4.78, 5) is 12.3. The zero-order valence-corrected chi connectivity index (χ0v) is 14.0. The monoisotopic (exact) mass is 379 g/mol. The molecule has 0 saturated carbocycles. The third kappa shape index (κ3) is 3.99. The van der Waals surface area contributed by atoms with Gasteiger partial charge in [0.1, 0.15) is 16.6 Å². The molecule has 1 aromatic heterocycles. The number of halogens is 3. The molecule has 0 spiro atoms. The molecule has 0 aliphatic rings. The van der Waals surface area contributed by atoms with E-state index in [0.717, 1.165) is 11.3 Å². The molecule has 0 aliphatic carbocycles. The first kappa shape index (κ1) is 17.9. The third-order valence-corrected chi connectivity index (χ3v) is 4.39. The number of nitrogens with two attached hydrogens (primary N) is 1. The number of ketones is 1. The molecule has 5 nitrogen and oxygen atoms in total. The third-order valence-electron chi connectivity index (χ3n) is 3.43. The first-order valence-corrected chi connectivity index (χ1v) is 8.20. The maximum absolute atomic E-state index is 13.8. The minimum absolute atomic E-state index is 0.0688. The van der Waals surface area contributed by atoms with Crippen LogP contribution in [0.3, 0.4) is 0 Å². The number of nitrogens with zero attached hydrogens (tertiary/aromatic N) is 2. The maximum Gasteiger partial charge on any atom is 0.387 e. The number of ether oxygens (including phenoxy) is 1. The molecule has 134 valence electrons. The first-order chi connectivity index (χ1) is 12.4. The Morgan fingerprint density at radius 1 is 1.19 bits per heavy atom. The second-order valence-electron chi connectivity index (χ2n) is 5.21. The summed E-state index contributed by atoms with van der Waals surface area (Å²) >= 11 is 1.10. The SMILES string of the molecule is Nc1cc(C(=O)Cc2nnc(-c3ccccc3F)s2)ccc1OC(F)F. The van der Waals surface area contributed by atoms with Crippen molar-refractivity contribution in [1.82, 2.24) is 10.2 Å². The number of Topliss-reactive ketones (excluding diaryl/α,β-unsaturated/α-hetero) is 1. The minimum Gasteiger partial charge on any atom is -0.433 e. The van der Waals surface area contributed by atoms with Crippen LogP contribution in [0.5, 0.6) is 5.75 Å². The van der Waals surface area contributed by atoms with Gasteiger partial charge in [-0.25, -0.2) is 4.39 Å². The molecule has 0 bridgehead atoms. The Bertz CT molecular complexity index is 947. The highest BCUT2D eigenvalue weighted by atomic mass is 32.1. The van der Waals surface area contributed by atoms with Crippen LogP contribution >= 0.6 is 11.3 Å². The summed E-state index contributed by atoms with van der Waals surface area (Å²) in [6, 6.07) is 9.94. The van der Waals surface area contributed by atoms with Crippen molar-refractivity contribution in [2.45, 2.75) is 13.0 Å². The highest BCUT2D eigenvalue weighted by molar-refractivity contribution is 7.14. The fourth-order valence-corrected chi connectivity index (χ4v) is 3.10. The fourth-order valence-electron chi connectivity index (χ4n) is 2.23. The van der Waals surface area contributed by atoms with Gasteiger partial charge in [-0.15, -0.1) is 10.2 Å². The average Bonchev–Trinajstić information content (AvgIpc) is 3.05. The lowest BCUT2D eigenvalue weighted by Gasteiger charge is -2.08. The Morgan fingerprint density at radius 3 is 2.65 bits per heavy atom. The number of anilines is 1. The molecule has 2 aromatic carbocycles. The van der Waals surface area contributed by atoms with Gasteiger partial charge < -0.3 is 10.5 Å². The second kappa shape index (κ2) is 7.52. The number of benzene rings is 2. The molecule has 0 saturated heterocycles. The van der Waals surface area contributed by atoms with Crippen molar-refractivity contribution in [3.63, 3.8) is 0 Å². The Labute approximate surface area is 150 Å². The van der Waals surface area contributed by atoms with Gasteiger partial charge in [0.2, 0.25) is 0 Å². The average molecular weight is 379 g/mol. The van der Waals surface area contributed by atoms with Crippen LogP contribution < -0.4 is 10.5 Å². The van der Waals surface area contributed by atoms with E-state index in [4.69, 9.17) is 5.73 Å². The van der Waals surface area contributed by atoms with Crippen LogP contribution in [0.25, 0.3) is 10.6 Å². The molecular weight excluding hydrogens is 367 g/mol. The number of hydrogen-bond donors (Lipinski definition) is 1. The topological polar surface area (TPSA) is 78.1 Å². The molecule has 0 atom stereocenters. The molecular formula is C17H12F3N3O2S. The van der Waals surface area contributed by atoms with Crippen LogP contribution in [-0.2, 0) is 6.42 Å². The van der Waals surface area contributed by atoms with E-state index in [9.17, 15) is 18.0 Å². The lowest BCUT2D eigenvalue weighted by atomic mass is 10.1. The zero-order chi connectivity index (χ0) is 18.7. The van der Waals surface area contributed by atoms with Crippen molar-refractivity contribution in [2.75, 3.05) is 5.73 Å². The number of hydrogen-bond acceptors (Lipinski definition) is 6. The van der Waals surface area contributed by atoms with Crippen LogP contribution in [0.15, 0.2) is 42.5 Å². The van der Waals surface area contributed by atoms with Crippen LogP contribution in [0.2, 0.25) is 0 Å². The van der Waals surface area contributed by atoms with Crippen LogP contribution in [0.1, 0.15) is 15.4 Å². The Balaban J connectivity index is 1.75. The zero-order valence-electron chi connectivity index (χ0n) is 13.2. The number of aromatic nitrogens is 2. The summed E-state index contributed by atoms with van der Waals surface area (Å²) in [5.41, 5.74) is 6.09. The normalized spacial score (nSPS) is 10.9. The predicted molar refractivity (Wildman–Crippen MR) is 90.8 cm³/mol. The quantitative estimate of drug-likeness (QED) is 0.518. The summed E-state index contributed by atoms with van der Waals surface area (Å²) < 4.78 is 42.5. The maximum atomic E-state index is 13.8. The van der Waals surface area contributed by atoms with Crippen molar-refractivity contribution < 1.29 is 22.7 Å². The van der Waals surface area contributed by atoms with Crippen LogP contribution in [0.4, 0.5) is 18.9 Å². The summed E-state index contributed by atoms with van der Waals surface area (Å²) in [5.74, 6) is -0.949. The number of nitrogen functional groups attached to an aromatic ring is 1. The summed E-state index contributed by atoms with van der Waals surface area (Å²) in [7, 11) is 0. The molecule has 2 N–H and O–H groups in total. The molecule has 0 amide bonds. The molecule has 0 fully saturated rings. The number of rotatable bonds is 6. The van der Waals surface area contributed by atoms with E-state index in [1.165, 1.54) is 24.3 Å². The fraction of sp³-hybridized carbons (Fsp3) is 0.118. The first-order valence-electron chi connectivity index (χ1n) is 7.39. The van der Waals surface area contributed by atoms with Gasteiger partial charge in [-0.2, -0.15) is 8.78 Å². The molecule has 26 heavy (non-hydrogen) atoms. The molecule has 3 aromatic rings. The summed E-state index contributed by atoms with van der Waals surface area (Å²) in [6.07, 6.45) is -0.0688. The van der Waals surface area contributed by atoms with Crippen LogP contribution in [0, 0.1) is 5.82 Å². The van der Waals surface area contributed by atoms with Crippen LogP contribution in [-0.4, -0.2) is 22.6 Å². The Hall–Kier alpha value is -2.94. The highest BCUT2D eigenvalue weighted by Crippen LogP contribution is 2.28. The van der Waals surface area contributed by atoms with E-state index in [1.807, 2.05) is 0 Å². The summed E-state index contributed by atoms with van der Waals surface area (Å²) in [6.45, 7) is -3.00. The van der Waals surface area contributed by atoms with Gasteiger partial charge in [0, 0.05) is 11.1 Å². The van der Waals surface area contributed by atoms with Gasteiger partial charge in [0.15, 0.2) is 10.8 Å². The van der Waals surface area contributed by atoms with E-state index in [1.54, 1.807) is 18.2 Å². The Morgan fingerprint density at radius 2 is 1.96 bits per heavy atom. The summed E-state index contributed by atoms with van der Waals surface area (Å²) in [5, 5.41) is 8.58.